The Kier molecular flexibility index (Phi) is 6.14. The monoisotopic (exact) mass is 491 g/mol. The summed E-state index contributed by atoms with van der Waals surface area (Å²) < 4.78 is 0. The molecule has 4 heterocycles. The molecule has 0 aliphatic carbocycles. The molecule has 2 fully saturated rings. The summed E-state index contributed by atoms with van der Waals surface area (Å²) in [5, 5.41) is 1.13. The van der Waals surface area contributed by atoms with E-state index in [9.17, 15) is 9.59 Å². The Bertz CT molecular complexity index is 1420. The van der Waals surface area contributed by atoms with Crippen molar-refractivity contribution in [1.29, 1.82) is 0 Å². The Balaban J connectivity index is 1.23. The van der Waals surface area contributed by atoms with Gasteiger partial charge in [-0.15, -0.1) is 0 Å². The molecular weight excluding hydrogens is 462 g/mol. The lowest BCUT2D eigenvalue weighted by atomic mass is 9.85. The summed E-state index contributed by atoms with van der Waals surface area (Å²) in [6.07, 6.45) is 4.72. The number of amides is 3. The lowest BCUT2D eigenvalue weighted by Gasteiger charge is -2.42. The summed E-state index contributed by atoms with van der Waals surface area (Å²) in [5.41, 5.74) is 3.10. The molecule has 37 heavy (non-hydrogen) atoms. The molecule has 6 rings (SSSR count). The molecule has 0 N–H and O–H groups in total. The predicted octanol–water partition coefficient (Wildman–Crippen LogP) is 4.63. The molecule has 2 saturated heterocycles. The number of imide groups is 1. The number of rotatable bonds is 6. The van der Waals surface area contributed by atoms with E-state index in [0.29, 0.717) is 25.1 Å². The first-order valence-electron chi connectivity index (χ1n) is 12.8. The van der Waals surface area contributed by atoms with E-state index >= 15 is 0 Å². The van der Waals surface area contributed by atoms with Crippen molar-refractivity contribution in [3.63, 3.8) is 0 Å². The van der Waals surface area contributed by atoms with Crippen LogP contribution in [0, 0.1) is 0 Å². The van der Waals surface area contributed by atoms with Gasteiger partial charge in [0.25, 0.3) is 5.91 Å². The second kappa shape index (κ2) is 9.75. The van der Waals surface area contributed by atoms with E-state index in [-0.39, 0.29) is 18.5 Å². The Morgan fingerprint density at radius 3 is 2.30 bits per heavy atom. The van der Waals surface area contributed by atoms with Gasteiger partial charge in [-0.1, -0.05) is 54.6 Å². The second-order valence-electron chi connectivity index (χ2n) is 9.90. The van der Waals surface area contributed by atoms with Crippen LogP contribution in [0.4, 0.5) is 4.79 Å². The van der Waals surface area contributed by atoms with Crippen molar-refractivity contribution in [2.24, 2.45) is 0 Å². The number of carbonyl (C=O) groups is 2. The molecule has 4 aromatic rings. The first-order chi connectivity index (χ1) is 18.1. The van der Waals surface area contributed by atoms with E-state index in [1.807, 2.05) is 65.7 Å². The molecule has 2 aromatic heterocycles. The fourth-order valence-electron chi connectivity index (χ4n) is 5.59. The predicted molar refractivity (Wildman–Crippen MR) is 141 cm³/mol. The van der Waals surface area contributed by atoms with E-state index in [1.165, 1.54) is 10.5 Å². The Labute approximate surface area is 216 Å². The molecule has 0 saturated carbocycles. The minimum Gasteiger partial charge on any atom is -0.305 e. The SMILES string of the molecule is O=C1N(Cc2ccccn2)C(=O)C2(CCN(Cc3ccc4cccnc4c3)CC2)N1Cc1ccccc1. The summed E-state index contributed by atoms with van der Waals surface area (Å²) in [5.74, 6) is -0.103. The first-order valence-corrected chi connectivity index (χ1v) is 12.8. The van der Waals surface area contributed by atoms with Crippen LogP contribution in [-0.4, -0.2) is 55.2 Å². The number of pyridine rings is 2. The summed E-state index contributed by atoms with van der Waals surface area (Å²) in [6.45, 7) is 2.88. The molecule has 7 nitrogen and oxygen atoms in total. The zero-order valence-corrected chi connectivity index (χ0v) is 20.7. The highest BCUT2D eigenvalue weighted by Crippen LogP contribution is 2.39. The zero-order chi connectivity index (χ0) is 25.2. The minimum atomic E-state index is -0.830. The standard InChI is InChI=1S/C30H29N5O2/c36-28-30(13-17-33(18-14-30)20-24-11-12-25-9-6-16-32-27(25)19-24)35(21-23-7-2-1-3-8-23)29(37)34(28)22-26-10-4-5-15-31-26/h1-12,15-16,19H,13-14,17-18,20-22H2. The van der Waals surface area contributed by atoms with E-state index in [1.54, 1.807) is 6.20 Å². The number of carbonyl (C=O) groups excluding carboxylic acids is 2. The van der Waals surface area contributed by atoms with Gasteiger partial charge in [0.1, 0.15) is 5.54 Å². The number of hydrogen-bond acceptors (Lipinski definition) is 5. The van der Waals surface area contributed by atoms with Crippen molar-refractivity contribution in [1.82, 2.24) is 24.7 Å². The number of hydrogen-bond donors (Lipinski definition) is 0. The molecule has 2 aliphatic heterocycles. The normalized spacial score (nSPS) is 17.7. The Hall–Kier alpha value is -4.10. The lowest BCUT2D eigenvalue weighted by Crippen LogP contribution is -2.56. The molecule has 3 amide bonds. The van der Waals surface area contributed by atoms with E-state index in [4.69, 9.17) is 0 Å². The highest BCUT2D eigenvalue weighted by atomic mass is 16.2. The smallest absolute Gasteiger partial charge is 0.305 e. The van der Waals surface area contributed by atoms with Gasteiger partial charge >= 0.3 is 6.03 Å². The van der Waals surface area contributed by atoms with Gasteiger partial charge in [0.05, 0.1) is 17.8 Å². The second-order valence-corrected chi connectivity index (χ2v) is 9.90. The van der Waals surface area contributed by atoms with Crippen molar-refractivity contribution in [3.8, 4) is 0 Å². The maximum atomic E-state index is 13.9. The Morgan fingerprint density at radius 2 is 1.51 bits per heavy atom. The first kappa shape index (κ1) is 23.3. The van der Waals surface area contributed by atoms with Gasteiger partial charge in [-0.3, -0.25) is 24.6 Å². The fourth-order valence-corrected chi connectivity index (χ4v) is 5.59. The van der Waals surface area contributed by atoms with Gasteiger partial charge in [-0.25, -0.2) is 4.79 Å². The molecule has 186 valence electrons. The van der Waals surface area contributed by atoms with Gasteiger partial charge in [-0.05, 0) is 48.2 Å². The highest BCUT2D eigenvalue weighted by Gasteiger charge is 2.57. The van der Waals surface area contributed by atoms with Gasteiger partial charge in [0.15, 0.2) is 0 Å². The van der Waals surface area contributed by atoms with Crippen molar-refractivity contribution in [2.75, 3.05) is 13.1 Å². The lowest BCUT2D eigenvalue weighted by molar-refractivity contribution is -0.136. The van der Waals surface area contributed by atoms with E-state index in [2.05, 4.69) is 39.1 Å². The van der Waals surface area contributed by atoms with Crippen LogP contribution in [0.5, 0.6) is 0 Å². The third kappa shape index (κ3) is 4.47. The number of fused-ring (bicyclic) bond motifs is 1. The quantitative estimate of drug-likeness (QED) is 0.368. The molecule has 1 spiro atoms. The van der Waals surface area contributed by atoms with Crippen LogP contribution in [0.2, 0.25) is 0 Å². The fraction of sp³-hybridized carbons (Fsp3) is 0.267. The van der Waals surface area contributed by atoms with Crippen LogP contribution in [-0.2, 0) is 24.4 Å². The summed E-state index contributed by atoms with van der Waals surface area (Å²) in [7, 11) is 0. The summed E-state index contributed by atoms with van der Waals surface area (Å²) >= 11 is 0. The van der Waals surface area contributed by atoms with Crippen molar-refractivity contribution >= 4 is 22.8 Å². The molecule has 2 aliphatic rings. The van der Waals surface area contributed by atoms with Crippen LogP contribution < -0.4 is 0 Å². The molecule has 7 heteroatoms. The average molecular weight is 492 g/mol. The maximum absolute atomic E-state index is 13.9. The summed E-state index contributed by atoms with van der Waals surface area (Å²) in [4.78, 5) is 42.0. The molecular formula is C30H29N5O2. The van der Waals surface area contributed by atoms with Gasteiger partial charge in [-0.2, -0.15) is 0 Å². The van der Waals surface area contributed by atoms with E-state index in [0.717, 1.165) is 36.1 Å². The molecule has 0 unspecified atom stereocenters. The molecule has 0 radical (unpaired) electrons. The average Bonchev–Trinajstić information content (AvgIpc) is 3.12. The third-order valence-electron chi connectivity index (χ3n) is 7.61. The van der Waals surface area contributed by atoms with Crippen molar-refractivity contribution in [2.45, 2.75) is 38.0 Å². The van der Waals surface area contributed by atoms with Crippen molar-refractivity contribution < 1.29 is 9.59 Å². The molecule has 0 atom stereocenters. The largest absolute Gasteiger partial charge is 0.328 e. The zero-order valence-electron chi connectivity index (χ0n) is 20.7. The highest BCUT2D eigenvalue weighted by molar-refractivity contribution is 6.07. The van der Waals surface area contributed by atoms with Crippen LogP contribution in [0.1, 0.15) is 29.7 Å². The van der Waals surface area contributed by atoms with Crippen molar-refractivity contribution in [3.05, 3.63) is 108 Å². The van der Waals surface area contributed by atoms with Gasteiger partial charge in [0.2, 0.25) is 0 Å². The van der Waals surface area contributed by atoms with Crippen LogP contribution >= 0.6 is 0 Å². The van der Waals surface area contributed by atoms with Gasteiger partial charge in [0, 0.05) is 44.0 Å². The maximum Gasteiger partial charge on any atom is 0.328 e. The topological polar surface area (TPSA) is 69.6 Å². The van der Waals surface area contributed by atoms with Crippen LogP contribution in [0.15, 0.2) is 91.3 Å². The molecule has 2 aromatic carbocycles. The van der Waals surface area contributed by atoms with Gasteiger partial charge < -0.3 is 4.90 Å². The number of piperidine rings is 1. The van der Waals surface area contributed by atoms with E-state index < -0.39 is 5.54 Å². The number of aromatic nitrogens is 2. The summed E-state index contributed by atoms with van der Waals surface area (Å²) in [6, 6.07) is 25.7. The third-order valence-corrected chi connectivity index (χ3v) is 7.61. The minimum absolute atomic E-state index is 0.103. The van der Waals surface area contributed by atoms with Crippen LogP contribution in [0.3, 0.4) is 0 Å². The molecule has 0 bridgehead atoms. The Morgan fingerprint density at radius 1 is 0.730 bits per heavy atom. The number of likely N-dealkylation sites (tertiary alicyclic amines) is 1. The number of nitrogens with zero attached hydrogens (tertiary/aromatic N) is 5. The van der Waals surface area contributed by atoms with Crippen LogP contribution in [0.25, 0.3) is 10.9 Å². The number of urea groups is 1. The number of benzene rings is 2.